The zero-order valence-corrected chi connectivity index (χ0v) is 11.6. The number of ether oxygens (including phenoxy) is 1. The molecule has 3 nitrogen and oxygen atoms in total. The van der Waals surface area contributed by atoms with Crippen molar-refractivity contribution in [3.05, 3.63) is 29.3 Å². The molecule has 1 unspecified atom stereocenters. The lowest BCUT2D eigenvalue weighted by molar-refractivity contribution is 0.0773. The Morgan fingerprint density at radius 2 is 2.16 bits per heavy atom. The van der Waals surface area contributed by atoms with Crippen molar-refractivity contribution in [1.29, 1.82) is 0 Å². The highest BCUT2D eigenvalue weighted by atomic mass is 16.5. The van der Waals surface area contributed by atoms with Crippen molar-refractivity contribution >= 4 is 5.69 Å². The molecule has 1 aromatic carbocycles. The predicted octanol–water partition coefficient (Wildman–Crippen LogP) is 1.87. The minimum absolute atomic E-state index is 0.690. The molecule has 2 saturated heterocycles. The van der Waals surface area contributed by atoms with Crippen LogP contribution in [0.25, 0.3) is 0 Å². The first-order valence-corrected chi connectivity index (χ1v) is 7.47. The summed E-state index contributed by atoms with van der Waals surface area (Å²) in [4.78, 5) is 5.00. The Kier molecular flexibility index (Phi) is 2.78. The molecule has 3 heteroatoms. The molecule has 3 aliphatic rings. The van der Waals surface area contributed by atoms with Gasteiger partial charge < -0.3 is 9.64 Å². The lowest BCUT2D eigenvalue weighted by Gasteiger charge is -2.43. The van der Waals surface area contributed by atoms with Crippen molar-refractivity contribution in [3.8, 4) is 0 Å². The molecule has 4 rings (SSSR count). The number of fused-ring (bicyclic) bond motifs is 1. The van der Waals surface area contributed by atoms with Gasteiger partial charge in [0.05, 0.1) is 6.61 Å². The van der Waals surface area contributed by atoms with Crippen molar-refractivity contribution in [1.82, 2.24) is 4.90 Å². The van der Waals surface area contributed by atoms with Crippen molar-refractivity contribution in [2.45, 2.75) is 24.8 Å². The summed E-state index contributed by atoms with van der Waals surface area (Å²) in [5.41, 5.74) is 4.68. The van der Waals surface area contributed by atoms with Gasteiger partial charge in [0.25, 0.3) is 0 Å². The fourth-order valence-corrected chi connectivity index (χ4v) is 3.82. The van der Waals surface area contributed by atoms with Gasteiger partial charge in [0.15, 0.2) is 0 Å². The molecule has 0 amide bonds. The summed E-state index contributed by atoms with van der Waals surface area (Å²) in [5, 5.41) is 0. The quantitative estimate of drug-likeness (QED) is 0.805. The average Bonchev–Trinajstić information content (AvgIpc) is 2.99. The molecule has 19 heavy (non-hydrogen) atoms. The molecule has 0 bridgehead atoms. The smallest absolute Gasteiger partial charge is 0.0622 e. The molecule has 1 aromatic rings. The van der Waals surface area contributed by atoms with Crippen LogP contribution in [0.15, 0.2) is 18.2 Å². The average molecular weight is 258 g/mol. The van der Waals surface area contributed by atoms with Crippen LogP contribution in [0.3, 0.4) is 0 Å². The summed E-state index contributed by atoms with van der Waals surface area (Å²) in [6, 6.07) is 7.55. The minimum Gasteiger partial charge on any atom is -0.380 e. The van der Waals surface area contributed by atoms with Gasteiger partial charge in [-0.25, -0.2) is 0 Å². The zero-order chi connectivity index (χ0) is 12.8. The van der Waals surface area contributed by atoms with E-state index >= 15 is 0 Å². The molecule has 2 fully saturated rings. The van der Waals surface area contributed by atoms with E-state index in [2.05, 4.69) is 35.0 Å². The topological polar surface area (TPSA) is 15.7 Å². The zero-order valence-electron chi connectivity index (χ0n) is 11.6. The van der Waals surface area contributed by atoms with Gasteiger partial charge in [0, 0.05) is 50.9 Å². The minimum atomic E-state index is 0.690. The van der Waals surface area contributed by atoms with E-state index in [0.717, 1.165) is 19.1 Å². The van der Waals surface area contributed by atoms with Crippen LogP contribution >= 0.6 is 0 Å². The molecular weight excluding hydrogens is 236 g/mol. The van der Waals surface area contributed by atoms with Crippen LogP contribution in [0.4, 0.5) is 5.69 Å². The fraction of sp³-hybridized carbons (Fsp3) is 0.625. The molecule has 0 aromatic heterocycles. The molecule has 0 saturated carbocycles. The van der Waals surface area contributed by atoms with Crippen LogP contribution in [0.5, 0.6) is 0 Å². The van der Waals surface area contributed by atoms with E-state index in [1.807, 2.05) is 0 Å². The third-order valence-electron chi connectivity index (χ3n) is 5.07. The second-order valence-electron chi connectivity index (χ2n) is 6.18. The van der Waals surface area contributed by atoms with E-state index in [-0.39, 0.29) is 0 Å². The number of likely N-dealkylation sites (N-methyl/N-ethyl adjacent to an activating group) is 1. The second-order valence-corrected chi connectivity index (χ2v) is 6.18. The van der Waals surface area contributed by atoms with Crippen molar-refractivity contribution < 1.29 is 4.74 Å². The Bertz CT molecular complexity index is 476. The summed E-state index contributed by atoms with van der Waals surface area (Å²) >= 11 is 0. The van der Waals surface area contributed by atoms with Gasteiger partial charge in [0.2, 0.25) is 0 Å². The Morgan fingerprint density at radius 3 is 2.95 bits per heavy atom. The lowest BCUT2D eigenvalue weighted by atomic mass is 9.86. The fourth-order valence-electron chi connectivity index (χ4n) is 3.82. The number of hydrogen-bond acceptors (Lipinski definition) is 3. The Balaban J connectivity index is 1.50. The van der Waals surface area contributed by atoms with E-state index in [0.29, 0.717) is 6.04 Å². The molecule has 0 aliphatic carbocycles. The molecule has 0 N–H and O–H groups in total. The van der Waals surface area contributed by atoms with Gasteiger partial charge in [-0.15, -0.1) is 0 Å². The van der Waals surface area contributed by atoms with Crippen LogP contribution in [0, 0.1) is 0 Å². The summed E-state index contributed by atoms with van der Waals surface area (Å²) in [6.07, 6.45) is 2.45. The number of benzene rings is 1. The van der Waals surface area contributed by atoms with Crippen LogP contribution in [-0.4, -0.2) is 50.8 Å². The van der Waals surface area contributed by atoms with Gasteiger partial charge in [-0.05, 0) is 30.0 Å². The summed E-state index contributed by atoms with van der Waals surface area (Å²) < 4.78 is 5.49. The SMILES string of the molecule is CN1CCc2c(C3CN(C4CCOC4)C3)cccc21. The maximum Gasteiger partial charge on any atom is 0.0622 e. The van der Waals surface area contributed by atoms with Crippen LogP contribution in [0.1, 0.15) is 23.5 Å². The maximum absolute atomic E-state index is 5.49. The maximum atomic E-state index is 5.49. The van der Waals surface area contributed by atoms with E-state index in [4.69, 9.17) is 4.74 Å². The van der Waals surface area contributed by atoms with Gasteiger partial charge in [-0.1, -0.05) is 12.1 Å². The second kappa shape index (κ2) is 4.50. The normalized spacial score (nSPS) is 27.6. The largest absolute Gasteiger partial charge is 0.380 e. The molecule has 3 heterocycles. The molecular formula is C16H22N2O. The molecule has 0 spiro atoms. The third kappa shape index (κ3) is 1.87. The third-order valence-corrected chi connectivity index (χ3v) is 5.07. The first-order chi connectivity index (χ1) is 9.33. The number of anilines is 1. The standard InChI is InChI=1S/C16H22N2O/c1-17-7-5-15-14(3-2-4-16(15)17)12-9-18(10-12)13-6-8-19-11-13/h2-4,12-13H,5-11H2,1H3. The summed E-state index contributed by atoms with van der Waals surface area (Å²) in [5.74, 6) is 0.752. The molecule has 102 valence electrons. The molecule has 0 radical (unpaired) electrons. The van der Waals surface area contributed by atoms with Crippen molar-refractivity contribution in [2.24, 2.45) is 0 Å². The van der Waals surface area contributed by atoms with Gasteiger partial charge in [0.1, 0.15) is 0 Å². The Hall–Kier alpha value is -1.06. The number of nitrogens with zero attached hydrogens (tertiary/aromatic N) is 2. The van der Waals surface area contributed by atoms with Crippen LogP contribution < -0.4 is 4.90 Å². The van der Waals surface area contributed by atoms with E-state index in [1.54, 1.807) is 11.1 Å². The van der Waals surface area contributed by atoms with E-state index < -0.39 is 0 Å². The van der Waals surface area contributed by atoms with E-state index in [9.17, 15) is 0 Å². The van der Waals surface area contributed by atoms with Crippen LogP contribution in [0.2, 0.25) is 0 Å². The van der Waals surface area contributed by atoms with E-state index in [1.165, 1.54) is 38.2 Å². The highest BCUT2D eigenvalue weighted by Gasteiger charge is 2.36. The molecule has 1 atom stereocenters. The first kappa shape index (κ1) is 11.7. The predicted molar refractivity (Wildman–Crippen MR) is 77.0 cm³/mol. The summed E-state index contributed by atoms with van der Waals surface area (Å²) in [6.45, 7) is 5.54. The Morgan fingerprint density at radius 1 is 1.26 bits per heavy atom. The lowest BCUT2D eigenvalue weighted by Crippen LogP contribution is -2.51. The van der Waals surface area contributed by atoms with Crippen molar-refractivity contribution in [3.63, 3.8) is 0 Å². The number of likely N-dealkylation sites (tertiary alicyclic amines) is 1. The molecule has 3 aliphatic heterocycles. The van der Waals surface area contributed by atoms with Gasteiger partial charge >= 0.3 is 0 Å². The van der Waals surface area contributed by atoms with Crippen molar-refractivity contribution in [2.75, 3.05) is 44.8 Å². The van der Waals surface area contributed by atoms with Crippen LogP contribution in [-0.2, 0) is 11.2 Å². The first-order valence-electron chi connectivity index (χ1n) is 7.47. The highest BCUT2D eigenvalue weighted by Crippen LogP contribution is 2.38. The van der Waals surface area contributed by atoms with Gasteiger partial charge in [-0.3, -0.25) is 4.90 Å². The highest BCUT2D eigenvalue weighted by molar-refractivity contribution is 5.61. The Labute approximate surface area is 115 Å². The number of hydrogen-bond donors (Lipinski definition) is 0. The van der Waals surface area contributed by atoms with Gasteiger partial charge in [-0.2, -0.15) is 0 Å². The monoisotopic (exact) mass is 258 g/mol. The summed E-state index contributed by atoms with van der Waals surface area (Å²) in [7, 11) is 2.21. The number of rotatable bonds is 2.